The fourth-order valence-corrected chi connectivity index (χ4v) is 5.20. The van der Waals surface area contributed by atoms with Gasteiger partial charge in [0.05, 0.1) is 18.6 Å². The van der Waals surface area contributed by atoms with Crippen LogP contribution in [0.2, 0.25) is 0 Å². The molecule has 4 rings (SSSR count). The third-order valence-electron chi connectivity index (χ3n) is 6.63. The maximum Gasteiger partial charge on any atom is 0.410 e. The number of carboxylic acid groups (broad SMARTS) is 1. The van der Waals surface area contributed by atoms with Crippen molar-refractivity contribution in [3.63, 3.8) is 0 Å². The highest BCUT2D eigenvalue weighted by Gasteiger charge is 2.72. The van der Waals surface area contributed by atoms with Crippen LogP contribution in [0.3, 0.4) is 0 Å². The number of carbonyl (C=O) groups is 2. The van der Waals surface area contributed by atoms with E-state index in [1.165, 1.54) is 0 Å². The van der Waals surface area contributed by atoms with Crippen LogP contribution in [0.25, 0.3) is 0 Å². The van der Waals surface area contributed by atoms with E-state index in [2.05, 4.69) is 0 Å². The van der Waals surface area contributed by atoms with Gasteiger partial charge in [0, 0.05) is 31.7 Å². The van der Waals surface area contributed by atoms with Gasteiger partial charge in [-0.2, -0.15) is 0 Å². The number of benzene rings is 1. The van der Waals surface area contributed by atoms with Crippen LogP contribution >= 0.6 is 0 Å². The first-order valence-corrected chi connectivity index (χ1v) is 10.4. The first-order valence-electron chi connectivity index (χ1n) is 10.4. The molecular formula is C22H29NO6. The molecule has 2 saturated heterocycles. The smallest absolute Gasteiger partial charge is 0.410 e. The van der Waals surface area contributed by atoms with Gasteiger partial charge >= 0.3 is 12.1 Å². The maximum absolute atomic E-state index is 12.7. The summed E-state index contributed by atoms with van der Waals surface area (Å²) in [6.45, 7) is 4.84. The summed E-state index contributed by atoms with van der Waals surface area (Å²) in [6.07, 6.45) is 1.37. The summed E-state index contributed by atoms with van der Waals surface area (Å²) in [5.41, 5.74) is 0.407. The normalized spacial score (nSPS) is 31.8. The Morgan fingerprint density at radius 1 is 1.24 bits per heavy atom. The van der Waals surface area contributed by atoms with Crippen molar-refractivity contribution in [3.8, 4) is 0 Å². The number of carboxylic acids is 1. The Morgan fingerprint density at radius 2 is 1.97 bits per heavy atom. The minimum Gasteiger partial charge on any atom is -0.481 e. The summed E-state index contributed by atoms with van der Waals surface area (Å²) in [4.78, 5) is 26.3. The van der Waals surface area contributed by atoms with Crippen molar-refractivity contribution in [2.75, 3.05) is 32.9 Å². The monoisotopic (exact) mass is 403 g/mol. The van der Waals surface area contributed by atoms with Gasteiger partial charge < -0.3 is 24.2 Å². The van der Waals surface area contributed by atoms with Crippen LogP contribution in [0.15, 0.2) is 30.3 Å². The SMILES string of the molecule is CC1CN(C(=O)OCc2ccccc2)CC2(COC3CCOCC3)C(C(=O)O)C12. The summed E-state index contributed by atoms with van der Waals surface area (Å²) >= 11 is 0. The fourth-order valence-electron chi connectivity index (χ4n) is 5.20. The van der Waals surface area contributed by atoms with Crippen LogP contribution in [0, 0.1) is 23.2 Å². The highest BCUT2D eigenvalue weighted by molar-refractivity contribution is 5.77. The molecule has 158 valence electrons. The van der Waals surface area contributed by atoms with Crippen molar-refractivity contribution in [3.05, 3.63) is 35.9 Å². The number of nitrogens with zero attached hydrogens (tertiary/aromatic N) is 1. The van der Waals surface area contributed by atoms with Crippen molar-refractivity contribution in [1.29, 1.82) is 0 Å². The van der Waals surface area contributed by atoms with Crippen LogP contribution in [-0.4, -0.2) is 61.1 Å². The minimum absolute atomic E-state index is 0.0398. The molecule has 1 aliphatic carbocycles. The molecule has 4 unspecified atom stereocenters. The lowest BCUT2D eigenvalue weighted by atomic mass is 9.91. The first-order chi connectivity index (χ1) is 14.0. The molecule has 1 N–H and O–H groups in total. The lowest BCUT2D eigenvalue weighted by Gasteiger charge is -2.36. The van der Waals surface area contributed by atoms with Gasteiger partial charge in [0.1, 0.15) is 6.61 Å². The van der Waals surface area contributed by atoms with Crippen LogP contribution in [0.5, 0.6) is 0 Å². The van der Waals surface area contributed by atoms with E-state index in [4.69, 9.17) is 14.2 Å². The summed E-state index contributed by atoms with van der Waals surface area (Å²) in [6, 6.07) is 9.54. The zero-order valence-electron chi connectivity index (χ0n) is 16.8. The summed E-state index contributed by atoms with van der Waals surface area (Å²) in [5, 5.41) is 9.77. The third kappa shape index (κ3) is 4.12. The maximum atomic E-state index is 12.7. The second kappa shape index (κ2) is 8.32. The molecule has 1 saturated carbocycles. The Labute approximate surface area is 170 Å². The van der Waals surface area contributed by atoms with E-state index in [1.807, 2.05) is 37.3 Å². The van der Waals surface area contributed by atoms with E-state index >= 15 is 0 Å². The number of likely N-dealkylation sites (tertiary alicyclic amines) is 1. The number of piperidine rings is 1. The van der Waals surface area contributed by atoms with Crippen LogP contribution < -0.4 is 0 Å². The van der Waals surface area contributed by atoms with E-state index in [1.54, 1.807) is 4.90 Å². The van der Waals surface area contributed by atoms with Crippen LogP contribution in [0.1, 0.15) is 25.3 Å². The summed E-state index contributed by atoms with van der Waals surface area (Å²) in [5.74, 6) is -1.13. The number of aliphatic carboxylic acids is 1. The largest absolute Gasteiger partial charge is 0.481 e. The summed E-state index contributed by atoms with van der Waals surface area (Å²) in [7, 11) is 0. The molecule has 3 aliphatic rings. The Bertz CT molecular complexity index is 734. The lowest BCUT2D eigenvalue weighted by molar-refractivity contribution is -0.140. The predicted molar refractivity (Wildman–Crippen MR) is 104 cm³/mol. The molecule has 4 atom stereocenters. The lowest BCUT2D eigenvalue weighted by Crippen LogP contribution is -2.46. The van der Waals surface area contributed by atoms with E-state index < -0.39 is 17.3 Å². The van der Waals surface area contributed by atoms with Gasteiger partial charge in [0.25, 0.3) is 0 Å². The quantitative estimate of drug-likeness (QED) is 0.786. The molecule has 7 nitrogen and oxygen atoms in total. The Kier molecular flexibility index (Phi) is 5.79. The van der Waals surface area contributed by atoms with Gasteiger partial charge in [-0.05, 0) is 30.2 Å². The van der Waals surface area contributed by atoms with Crippen molar-refractivity contribution in [1.82, 2.24) is 4.90 Å². The topological polar surface area (TPSA) is 85.3 Å². The Balaban J connectivity index is 1.41. The van der Waals surface area contributed by atoms with Crippen molar-refractivity contribution in [2.45, 2.75) is 32.5 Å². The second-order valence-electron chi connectivity index (χ2n) is 8.60. The molecule has 1 aromatic rings. The summed E-state index contributed by atoms with van der Waals surface area (Å²) < 4.78 is 17.0. The molecule has 29 heavy (non-hydrogen) atoms. The number of amides is 1. The number of hydrogen-bond donors (Lipinski definition) is 1. The fraction of sp³-hybridized carbons (Fsp3) is 0.636. The van der Waals surface area contributed by atoms with Crippen LogP contribution in [0.4, 0.5) is 4.79 Å². The molecule has 1 amide bonds. The van der Waals surface area contributed by atoms with Gasteiger partial charge in [-0.25, -0.2) is 4.79 Å². The molecule has 0 bridgehead atoms. The third-order valence-corrected chi connectivity index (χ3v) is 6.63. The number of fused-ring (bicyclic) bond motifs is 1. The number of hydrogen-bond acceptors (Lipinski definition) is 5. The van der Waals surface area contributed by atoms with Gasteiger partial charge in [0.15, 0.2) is 0 Å². The number of rotatable bonds is 6. The van der Waals surface area contributed by atoms with Gasteiger partial charge in [-0.1, -0.05) is 37.3 Å². The average Bonchev–Trinajstić information content (AvgIpc) is 3.42. The molecule has 1 aromatic carbocycles. The van der Waals surface area contributed by atoms with Crippen molar-refractivity contribution < 1.29 is 28.9 Å². The number of carbonyl (C=O) groups excluding carboxylic acids is 1. The zero-order chi connectivity index (χ0) is 20.4. The van der Waals surface area contributed by atoms with Gasteiger partial charge in [-0.15, -0.1) is 0 Å². The standard InChI is InChI=1S/C22H29NO6/c1-15-11-23(21(26)28-12-16-5-3-2-4-6-16)13-22(18(15)19(22)20(24)25)14-29-17-7-9-27-10-8-17/h2-6,15,17-19H,7-14H2,1H3,(H,24,25). The van der Waals surface area contributed by atoms with E-state index in [0.717, 1.165) is 18.4 Å². The van der Waals surface area contributed by atoms with Gasteiger partial charge in [0.2, 0.25) is 0 Å². The molecule has 0 spiro atoms. The highest BCUT2D eigenvalue weighted by atomic mass is 16.6. The Morgan fingerprint density at radius 3 is 2.66 bits per heavy atom. The van der Waals surface area contributed by atoms with E-state index in [0.29, 0.717) is 32.9 Å². The van der Waals surface area contributed by atoms with E-state index in [-0.39, 0.29) is 30.6 Å². The minimum atomic E-state index is -0.795. The van der Waals surface area contributed by atoms with Crippen molar-refractivity contribution >= 4 is 12.1 Å². The van der Waals surface area contributed by atoms with Gasteiger partial charge in [-0.3, -0.25) is 4.79 Å². The molecule has 0 radical (unpaired) electrons. The first kappa shape index (κ1) is 20.2. The Hall–Kier alpha value is -2.12. The molecule has 0 aromatic heterocycles. The number of ether oxygens (including phenoxy) is 3. The molecule has 3 fully saturated rings. The molecule has 2 heterocycles. The zero-order valence-corrected chi connectivity index (χ0v) is 16.8. The molecule has 7 heteroatoms. The molecule has 2 aliphatic heterocycles. The van der Waals surface area contributed by atoms with Crippen LogP contribution in [-0.2, 0) is 25.6 Å². The van der Waals surface area contributed by atoms with Crippen molar-refractivity contribution in [2.24, 2.45) is 23.2 Å². The van der Waals surface area contributed by atoms with E-state index in [9.17, 15) is 14.7 Å². The average molecular weight is 403 g/mol. The highest BCUT2D eigenvalue weighted by Crippen LogP contribution is 2.65. The second-order valence-corrected chi connectivity index (χ2v) is 8.60. The predicted octanol–water partition coefficient (Wildman–Crippen LogP) is 2.79. The molecular weight excluding hydrogens is 374 g/mol.